The Hall–Kier alpha value is -1.92. The number of aliphatic carboxylic acids is 1. The first-order valence-electron chi connectivity index (χ1n) is 8.89. The molecule has 0 saturated carbocycles. The van der Waals surface area contributed by atoms with Crippen LogP contribution in [-0.2, 0) is 9.53 Å². The van der Waals surface area contributed by atoms with Gasteiger partial charge in [0.05, 0.1) is 13.2 Å². The van der Waals surface area contributed by atoms with E-state index < -0.39 is 12.0 Å². The van der Waals surface area contributed by atoms with Gasteiger partial charge in [-0.05, 0) is 38.8 Å². The zero-order chi connectivity index (χ0) is 18.0. The topological polar surface area (TPSA) is 70.1 Å². The van der Waals surface area contributed by atoms with Gasteiger partial charge in [0.25, 0.3) is 5.91 Å². The highest BCUT2D eigenvalue weighted by Gasteiger charge is 2.38. The van der Waals surface area contributed by atoms with Crippen LogP contribution in [0.25, 0.3) is 0 Å². The fourth-order valence-corrected chi connectivity index (χ4v) is 3.96. The number of carbonyl (C=O) groups excluding carboxylic acids is 1. The van der Waals surface area contributed by atoms with Crippen LogP contribution in [0, 0.1) is 13.8 Å². The third-order valence-electron chi connectivity index (χ3n) is 5.15. The number of hydrogen-bond acceptors (Lipinski definition) is 4. The average molecular weight is 346 g/mol. The van der Waals surface area contributed by atoms with Crippen LogP contribution in [0.5, 0.6) is 0 Å². The zero-order valence-electron chi connectivity index (χ0n) is 14.9. The molecule has 2 atom stereocenters. The molecule has 0 spiro atoms. The predicted molar refractivity (Wildman–Crippen MR) is 93.8 cm³/mol. The summed E-state index contributed by atoms with van der Waals surface area (Å²) in [6, 6.07) is 5.11. The Balaban J connectivity index is 1.76. The molecule has 0 aliphatic carbocycles. The van der Waals surface area contributed by atoms with Gasteiger partial charge in [0.1, 0.15) is 6.04 Å². The molecule has 0 unspecified atom stereocenters. The van der Waals surface area contributed by atoms with E-state index in [0.29, 0.717) is 31.7 Å². The summed E-state index contributed by atoms with van der Waals surface area (Å²) < 4.78 is 5.38. The van der Waals surface area contributed by atoms with E-state index in [1.54, 1.807) is 0 Å². The molecule has 2 heterocycles. The van der Waals surface area contributed by atoms with Gasteiger partial charge in [-0.2, -0.15) is 0 Å². The van der Waals surface area contributed by atoms with Gasteiger partial charge in [-0.15, -0.1) is 0 Å². The predicted octanol–water partition coefficient (Wildman–Crippen LogP) is 1.69. The molecule has 1 aromatic rings. The maximum absolute atomic E-state index is 12.9. The fourth-order valence-electron chi connectivity index (χ4n) is 3.96. The van der Waals surface area contributed by atoms with Gasteiger partial charge in [0, 0.05) is 31.2 Å². The second-order valence-corrected chi connectivity index (χ2v) is 7.06. The van der Waals surface area contributed by atoms with Gasteiger partial charge in [-0.25, -0.2) is 4.79 Å². The number of rotatable bonds is 3. The number of carboxylic acid groups (broad SMARTS) is 1. The number of amides is 1. The average Bonchev–Trinajstić information content (AvgIpc) is 2.60. The molecule has 2 saturated heterocycles. The number of hydrogen-bond donors (Lipinski definition) is 1. The lowest BCUT2D eigenvalue weighted by Crippen LogP contribution is -2.56. The quantitative estimate of drug-likeness (QED) is 0.902. The number of morpholine rings is 1. The molecule has 1 N–H and O–H groups in total. The first kappa shape index (κ1) is 17.9. The minimum Gasteiger partial charge on any atom is -0.480 e. The number of nitrogens with zero attached hydrogens (tertiary/aromatic N) is 2. The summed E-state index contributed by atoms with van der Waals surface area (Å²) in [5, 5.41) is 9.69. The number of likely N-dealkylation sites (tertiary alicyclic amines) is 1. The third-order valence-corrected chi connectivity index (χ3v) is 5.15. The van der Waals surface area contributed by atoms with E-state index >= 15 is 0 Å². The van der Waals surface area contributed by atoms with Crippen LogP contribution < -0.4 is 0 Å². The normalized spacial score (nSPS) is 25.0. The molecule has 6 heteroatoms. The number of aryl methyl sites for hydroxylation is 2. The Morgan fingerprint density at radius 2 is 1.72 bits per heavy atom. The van der Waals surface area contributed by atoms with E-state index in [1.807, 2.05) is 32.0 Å². The van der Waals surface area contributed by atoms with E-state index in [9.17, 15) is 14.7 Å². The van der Waals surface area contributed by atoms with Crippen LogP contribution >= 0.6 is 0 Å². The minimum atomic E-state index is -0.921. The minimum absolute atomic E-state index is 0.181. The van der Waals surface area contributed by atoms with Crippen molar-refractivity contribution in [1.29, 1.82) is 0 Å². The van der Waals surface area contributed by atoms with Gasteiger partial charge in [0.2, 0.25) is 0 Å². The van der Waals surface area contributed by atoms with Crippen molar-refractivity contribution in [2.24, 2.45) is 0 Å². The SMILES string of the molecule is Cc1cc(C)cc(C(=O)N2CC[C@H](N3CCOCC3)C[C@@H]2C(=O)O)c1. The van der Waals surface area contributed by atoms with Crippen molar-refractivity contribution in [3.8, 4) is 0 Å². The molecule has 6 nitrogen and oxygen atoms in total. The van der Waals surface area contributed by atoms with Crippen LogP contribution in [0.15, 0.2) is 18.2 Å². The number of carboxylic acids is 1. The van der Waals surface area contributed by atoms with Crippen molar-refractivity contribution in [3.05, 3.63) is 34.9 Å². The van der Waals surface area contributed by atoms with Crippen molar-refractivity contribution < 1.29 is 19.4 Å². The highest BCUT2D eigenvalue weighted by Crippen LogP contribution is 2.25. The van der Waals surface area contributed by atoms with E-state index in [0.717, 1.165) is 30.6 Å². The Kier molecular flexibility index (Phi) is 5.39. The summed E-state index contributed by atoms with van der Waals surface area (Å²) in [6.07, 6.45) is 1.28. The summed E-state index contributed by atoms with van der Waals surface area (Å²) in [7, 11) is 0. The summed E-state index contributed by atoms with van der Waals surface area (Å²) in [5.41, 5.74) is 2.60. The van der Waals surface area contributed by atoms with Crippen LogP contribution in [0.4, 0.5) is 0 Å². The lowest BCUT2D eigenvalue weighted by Gasteiger charge is -2.43. The Morgan fingerprint density at radius 3 is 2.32 bits per heavy atom. The standard InChI is InChI=1S/C19H26N2O4/c1-13-9-14(2)11-15(10-13)18(22)21-4-3-16(12-17(21)19(23)24)20-5-7-25-8-6-20/h9-11,16-17H,3-8,12H2,1-2H3,(H,23,24)/t16-,17+/m0/s1. The fraction of sp³-hybridized carbons (Fsp3) is 0.579. The Morgan fingerprint density at radius 1 is 1.08 bits per heavy atom. The first-order chi connectivity index (χ1) is 12.0. The Labute approximate surface area is 148 Å². The second-order valence-electron chi connectivity index (χ2n) is 7.06. The van der Waals surface area contributed by atoms with Crippen LogP contribution in [0.3, 0.4) is 0 Å². The molecule has 136 valence electrons. The van der Waals surface area contributed by atoms with E-state index in [2.05, 4.69) is 4.90 Å². The molecule has 0 radical (unpaired) electrons. The van der Waals surface area contributed by atoms with Crippen molar-refractivity contribution in [2.75, 3.05) is 32.8 Å². The van der Waals surface area contributed by atoms with Crippen molar-refractivity contribution in [3.63, 3.8) is 0 Å². The largest absolute Gasteiger partial charge is 0.480 e. The molecular weight excluding hydrogens is 320 g/mol. The van der Waals surface area contributed by atoms with Gasteiger partial charge in [-0.3, -0.25) is 9.69 Å². The van der Waals surface area contributed by atoms with E-state index in [-0.39, 0.29) is 11.9 Å². The van der Waals surface area contributed by atoms with Gasteiger partial charge in [-0.1, -0.05) is 17.2 Å². The second kappa shape index (κ2) is 7.54. The van der Waals surface area contributed by atoms with E-state index in [1.165, 1.54) is 4.90 Å². The van der Waals surface area contributed by atoms with Crippen molar-refractivity contribution in [1.82, 2.24) is 9.80 Å². The van der Waals surface area contributed by atoms with Crippen molar-refractivity contribution >= 4 is 11.9 Å². The summed E-state index contributed by atoms with van der Waals surface area (Å²) >= 11 is 0. The first-order valence-corrected chi connectivity index (χ1v) is 8.89. The van der Waals surface area contributed by atoms with Crippen LogP contribution in [0.2, 0.25) is 0 Å². The molecule has 1 amide bonds. The molecule has 2 fully saturated rings. The molecule has 3 rings (SSSR count). The third kappa shape index (κ3) is 4.02. The number of benzene rings is 1. The number of ether oxygens (including phenoxy) is 1. The molecule has 2 aliphatic rings. The van der Waals surface area contributed by atoms with E-state index in [4.69, 9.17) is 4.74 Å². The molecule has 1 aromatic carbocycles. The zero-order valence-corrected chi connectivity index (χ0v) is 14.9. The monoisotopic (exact) mass is 346 g/mol. The van der Waals surface area contributed by atoms with Gasteiger partial charge in [0.15, 0.2) is 0 Å². The number of carbonyl (C=O) groups is 2. The smallest absolute Gasteiger partial charge is 0.326 e. The Bertz CT molecular complexity index is 635. The van der Waals surface area contributed by atoms with Crippen LogP contribution in [0.1, 0.15) is 34.3 Å². The molecule has 0 aromatic heterocycles. The summed E-state index contributed by atoms with van der Waals surface area (Å²) in [4.78, 5) is 28.6. The highest BCUT2D eigenvalue weighted by molar-refractivity contribution is 5.97. The lowest BCUT2D eigenvalue weighted by molar-refractivity contribution is -0.144. The van der Waals surface area contributed by atoms with Gasteiger partial charge < -0.3 is 14.7 Å². The number of piperidine rings is 1. The van der Waals surface area contributed by atoms with Crippen molar-refractivity contribution in [2.45, 2.75) is 38.8 Å². The molecule has 25 heavy (non-hydrogen) atoms. The highest BCUT2D eigenvalue weighted by atomic mass is 16.5. The summed E-state index contributed by atoms with van der Waals surface area (Å²) in [6.45, 7) is 7.43. The lowest BCUT2D eigenvalue weighted by atomic mass is 9.94. The molecule has 0 bridgehead atoms. The molecule has 2 aliphatic heterocycles. The maximum Gasteiger partial charge on any atom is 0.326 e. The summed E-state index contributed by atoms with van der Waals surface area (Å²) in [5.74, 6) is -1.10. The molecular formula is C19H26N2O4. The maximum atomic E-state index is 12.9. The van der Waals surface area contributed by atoms with Gasteiger partial charge >= 0.3 is 5.97 Å². The van der Waals surface area contributed by atoms with Crippen LogP contribution in [-0.4, -0.2) is 71.7 Å².